The van der Waals surface area contributed by atoms with E-state index >= 15 is 0 Å². The van der Waals surface area contributed by atoms with Crippen LogP contribution in [0, 0.1) is 5.92 Å². The number of carbonyl (C=O) groups is 2. The standard InChI is InChI=1S/C8H13NO3S/c1-5(2)6(10)9-3-4-13-7(9)8(11)12/h5,7H,3-4H2,1-2H3,(H,11,12). The second kappa shape index (κ2) is 4.00. The second-order valence-corrected chi connectivity index (χ2v) is 4.44. The summed E-state index contributed by atoms with van der Waals surface area (Å²) in [4.78, 5) is 23.7. The predicted octanol–water partition coefficient (Wildman–Crippen LogP) is 0.628. The molecular weight excluding hydrogens is 190 g/mol. The van der Waals surface area contributed by atoms with Gasteiger partial charge in [-0.05, 0) is 0 Å². The first-order valence-corrected chi connectivity index (χ1v) is 5.24. The van der Waals surface area contributed by atoms with Gasteiger partial charge in [-0.2, -0.15) is 0 Å². The number of carboxylic acid groups (broad SMARTS) is 1. The Hall–Kier alpha value is -0.710. The molecule has 1 atom stereocenters. The molecule has 1 N–H and O–H groups in total. The van der Waals surface area contributed by atoms with Gasteiger partial charge in [0.15, 0.2) is 5.37 Å². The van der Waals surface area contributed by atoms with E-state index in [-0.39, 0.29) is 11.8 Å². The Bertz CT molecular complexity index is 229. The maximum absolute atomic E-state index is 11.5. The quantitative estimate of drug-likeness (QED) is 0.715. The molecule has 0 spiro atoms. The van der Waals surface area contributed by atoms with Crippen molar-refractivity contribution in [1.82, 2.24) is 4.90 Å². The number of carboxylic acids is 1. The second-order valence-electron chi connectivity index (χ2n) is 3.25. The SMILES string of the molecule is CC(C)C(=O)N1CCSC1C(=O)O. The molecule has 74 valence electrons. The van der Waals surface area contributed by atoms with Crippen molar-refractivity contribution in [2.75, 3.05) is 12.3 Å². The molecule has 1 unspecified atom stereocenters. The molecule has 1 amide bonds. The number of hydrogen-bond acceptors (Lipinski definition) is 3. The third kappa shape index (κ3) is 2.15. The number of thioether (sulfide) groups is 1. The number of carbonyl (C=O) groups excluding carboxylic acids is 1. The van der Waals surface area contributed by atoms with Crippen molar-refractivity contribution >= 4 is 23.6 Å². The monoisotopic (exact) mass is 203 g/mol. The lowest BCUT2D eigenvalue weighted by atomic mass is 10.2. The summed E-state index contributed by atoms with van der Waals surface area (Å²) in [5, 5.41) is 8.13. The van der Waals surface area contributed by atoms with Crippen molar-refractivity contribution in [3.63, 3.8) is 0 Å². The highest BCUT2D eigenvalue weighted by atomic mass is 32.2. The average Bonchev–Trinajstić information content (AvgIpc) is 2.50. The van der Waals surface area contributed by atoms with Gasteiger partial charge in [0.25, 0.3) is 0 Å². The largest absolute Gasteiger partial charge is 0.479 e. The van der Waals surface area contributed by atoms with E-state index in [0.29, 0.717) is 6.54 Å². The van der Waals surface area contributed by atoms with Crippen LogP contribution in [0.5, 0.6) is 0 Å². The van der Waals surface area contributed by atoms with Gasteiger partial charge in [0.1, 0.15) is 0 Å². The number of nitrogens with zero attached hydrogens (tertiary/aromatic N) is 1. The van der Waals surface area contributed by atoms with E-state index in [9.17, 15) is 9.59 Å². The minimum Gasteiger partial charge on any atom is -0.479 e. The molecule has 4 nitrogen and oxygen atoms in total. The van der Waals surface area contributed by atoms with E-state index in [0.717, 1.165) is 5.75 Å². The highest BCUT2D eigenvalue weighted by Crippen LogP contribution is 2.25. The maximum atomic E-state index is 11.5. The Morgan fingerprint density at radius 3 is 2.62 bits per heavy atom. The lowest BCUT2D eigenvalue weighted by Crippen LogP contribution is -2.41. The molecule has 0 aromatic rings. The molecule has 0 aliphatic carbocycles. The molecule has 1 aliphatic rings. The van der Waals surface area contributed by atoms with Gasteiger partial charge in [0, 0.05) is 18.2 Å². The van der Waals surface area contributed by atoms with Crippen LogP contribution in [0.2, 0.25) is 0 Å². The number of rotatable bonds is 2. The zero-order chi connectivity index (χ0) is 10.0. The van der Waals surface area contributed by atoms with E-state index in [2.05, 4.69) is 0 Å². The summed E-state index contributed by atoms with van der Waals surface area (Å²) in [5.41, 5.74) is 0. The van der Waals surface area contributed by atoms with Crippen molar-refractivity contribution < 1.29 is 14.7 Å². The van der Waals surface area contributed by atoms with E-state index in [1.165, 1.54) is 16.7 Å². The zero-order valence-electron chi connectivity index (χ0n) is 7.69. The van der Waals surface area contributed by atoms with E-state index in [1.54, 1.807) is 13.8 Å². The van der Waals surface area contributed by atoms with Gasteiger partial charge in [0.05, 0.1) is 0 Å². The van der Waals surface area contributed by atoms with Crippen LogP contribution in [0.3, 0.4) is 0 Å². The molecule has 1 fully saturated rings. The van der Waals surface area contributed by atoms with Crippen molar-refractivity contribution in [2.24, 2.45) is 5.92 Å². The van der Waals surface area contributed by atoms with Crippen LogP contribution >= 0.6 is 11.8 Å². The molecule has 1 saturated heterocycles. The van der Waals surface area contributed by atoms with Gasteiger partial charge < -0.3 is 10.0 Å². The maximum Gasteiger partial charge on any atom is 0.337 e. The van der Waals surface area contributed by atoms with Crippen molar-refractivity contribution in [3.8, 4) is 0 Å². The van der Waals surface area contributed by atoms with Crippen LogP contribution in [-0.4, -0.2) is 39.6 Å². The Balaban J connectivity index is 2.68. The first-order chi connectivity index (χ1) is 6.04. The van der Waals surface area contributed by atoms with Crippen LogP contribution in [0.4, 0.5) is 0 Å². The molecule has 1 heterocycles. The van der Waals surface area contributed by atoms with E-state index in [4.69, 9.17) is 5.11 Å². The summed E-state index contributed by atoms with van der Waals surface area (Å²) >= 11 is 1.31. The Morgan fingerprint density at radius 1 is 1.54 bits per heavy atom. The fraction of sp³-hybridized carbons (Fsp3) is 0.750. The molecule has 1 rings (SSSR count). The van der Waals surface area contributed by atoms with Crippen LogP contribution in [0.25, 0.3) is 0 Å². The molecule has 5 heteroatoms. The molecule has 1 aliphatic heterocycles. The number of hydrogen-bond donors (Lipinski definition) is 1. The van der Waals surface area contributed by atoms with Crippen molar-refractivity contribution in [2.45, 2.75) is 19.2 Å². The summed E-state index contributed by atoms with van der Waals surface area (Å²) < 4.78 is 0. The van der Waals surface area contributed by atoms with Gasteiger partial charge >= 0.3 is 5.97 Å². The molecule has 13 heavy (non-hydrogen) atoms. The van der Waals surface area contributed by atoms with Crippen LogP contribution in [0.15, 0.2) is 0 Å². The van der Waals surface area contributed by atoms with Crippen molar-refractivity contribution in [1.29, 1.82) is 0 Å². The molecule has 0 bridgehead atoms. The zero-order valence-corrected chi connectivity index (χ0v) is 8.50. The smallest absolute Gasteiger partial charge is 0.337 e. The third-order valence-electron chi connectivity index (χ3n) is 1.88. The third-order valence-corrected chi connectivity index (χ3v) is 3.07. The van der Waals surface area contributed by atoms with Gasteiger partial charge in [-0.1, -0.05) is 13.8 Å². The summed E-state index contributed by atoms with van der Waals surface area (Å²) in [6, 6.07) is 0. The molecular formula is C8H13NO3S. The highest BCUT2D eigenvalue weighted by molar-refractivity contribution is 8.00. The van der Waals surface area contributed by atoms with Gasteiger partial charge in [-0.25, -0.2) is 4.79 Å². The lowest BCUT2D eigenvalue weighted by Gasteiger charge is -2.22. The molecule has 0 aromatic carbocycles. The minimum absolute atomic E-state index is 0.0719. The highest BCUT2D eigenvalue weighted by Gasteiger charge is 2.35. The number of amides is 1. The van der Waals surface area contributed by atoms with Crippen LogP contribution < -0.4 is 0 Å². The fourth-order valence-corrected chi connectivity index (χ4v) is 2.29. The van der Waals surface area contributed by atoms with E-state index < -0.39 is 11.3 Å². The summed E-state index contributed by atoms with van der Waals surface area (Å²) in [6.07, 6.45) is 0. The Morgan fingerprint density at radius 2 is 2.15 bits per heavy atom. The molecule has 0 radical (unpaired) electrons. The topological polar surface area (TPSA) is 57.6 Å². The first kappa shape index (κ1) is 10.4. The van der Waals surface area contributed by atoms with Gasteiger partial charge in [0.2, 0.25) is 5.91 Å². The average molecular weight is 203 g/mol. The summed E-state index contributed by atoms with van der Waals surface area (Å²) in [7, 11) is 0. The molecule has 0 aromatic heterocycles. The van der Waals surface area contributed by atoms with Crippen LogP contribution in [-0.2, 0) is 9.59 Å². The summed E-state index contributed by atoms with van der Waals surface area (Å²) in [6.45, 7) is 4.12. The van der Waals surface area contributed by atoms with Gasteiger partial charge in [-0.3, -0.25) is 4.79 Å². The normalized spacial score (nSPS) is 22.4. The minimum atomic E-state index is -0.920. The van der Waals surface area contributed by atoms with Gasteiger partial charge in [-0.15, -0.1) is 11.8 Å². The summed E-state index contributed by atoms with van der Waals surface area (Å²) in [5.74, 6) is -0.399. The first-order valence-electron chi connectivity index (χ1n) is 4.19. The predicted molar refractivity (Wildman–Crippen MR) is 50.4 cm³/mol. The molecule has 0 saturated carbocycles. The Kier molecular flexibility index (Phi) is 3.19. The number of aliphatic carboxylic acids is 1. The fourth-order valence-electron chi connectivity index (χ4n) is 1.23. The Labute approximate surface area is 81.3 Å². The van der Waals surface area contributed by atoms with E-state index in [1.807, 2.05) is 0 Å². The van der Waals surface area contributed by atoms with Crippen molar-refractivity contribution in [3.05, 3.63) is 0 Å². The van der Waals surface area contributed by atoms with Crippen LogP contribution in [0.1, 0.15) is 13.8 Å². The lowest BCUT2D eigenvalue weighted by molar-refractivity contribution is -0.146.